The Hall–Kier alpha value is -1.70. The van der Waals surface area contributed by atoms with Crippen LogP contribution in [0.15, 0.2) is 6.20 Å². The number of hydrogen-bond donors (Lipinski definition) is 4. The number of aromatic hydroxyl groups is 1. The highest BCUT2D eigenvalue weighted by atomic mass is 16.6. The lowest BCUT2D eigenvalue weighted by Crippen LogP contribution is -2.23. The summed E-state index contributed by atoms with van der Waals surface area (Å²) < 4.78 is 4.62. The van der Waals surface area contributed by atoms with Gasteiger partial charge < -0.3 is 25.2 Å². The van der Waals surface area contributed by atoms with Gasteiger partial charge in [0, 0.05) is 17.3 Å². The van der Waals surface area contributed by atoms with Crippen LogP contribution in [0.3, 0.4) is 0 Å². The summed E-state index contributed by atoms with van der Waals surface area (Å²) in [6.07, 6.45) is -0.611. The molecule has 1 aromatic rings. The van der Waals surface area contributed by atoms with Gasteiger partial charge in [0.05, 0.1) is 18.9 Å². The zero-order valence-corrected chi connectivity index (χ0v) is 9.12. The van der Waals surface area contributed by atoms with Gasteiger partial charge in [-0.2, -0.15) is 0 Å². The molecule has 1 rings (SSSR count). The van der Waals surface area contributed by atoms with E-state index in [1.165, 1.54) is 6.20 Å². The van der Waals surface area contributed by atoms with Crippen molar-refractivity contribution in [3.05, 3.63) is 23.0 Å². The Morgan fingerprint density at radius 3 is 2.76 bits per heavy atom. The Kier molecular flexibility index (Phi) is 4.38. The fraction of sp³-hybridized carbons (Fsp3) is 0.400. The number of pyridine rings is 1. The molecule has 7 heteroatoms. The predicted octanol–water partition coefficient (Wildman–Crippen LogP) is -0.492. The third-order valence-electron chi connectivity index (χ3n) is 2.20. The summed E-state index contributed by atoms with van der Waals surface area (Å²) in [7, 11) is 0. The van der Waals surface area contributed by atoms with Crippen molar-refractivity contribution in [2.45, 2.75) is 26.4 Å². The van der Waals surface area contributed by atoms with Crippen molar-refractivity contribution in [1.29, 1.82) is 0 Å². The number of aryl methyl sites for hydroxylation is 1. The molecule has 0 saturated heterocycles. The van der Waals surface area contributed by atoms with E-state index in [2.05, 4.69) is 9.72 Å². The number of hydrogen-bond acceptors (Lipinski definition) is 6. The van der Waals surface area contributed by atoms with Crippen LogP contribution in [0.4, 0.5) is 0 Å². The van der Waals surface area contributed by atoms with E-state index in [9.17, 15) is 9.90 Å². The number of aliphatic carboxylic acids is 1. The molecule has 0 saturated carbocycles. The van der Waals surface area contributed by atoms with Gasteiger partial charge in [0.15, 0.2) is 0 Å². The highest BCUT2D eigenvalue weighted by Crippen LogP contribution is 2.24. The summed E-state index contributed by atoms with van der Waals surface area (Å²) in [6.45, 7) is 0.854. The van der Waals surface area contributed by atoms with E-state index in [4.69, 9.17) is 15.3 Å². The van der Waals surface area contributed by atoms with Gasteiger partial charge in [-0.05, 0) is 6.92 Å². The number of aromatic nitrogens is 1. The molecular formula is C10H13NO6. The van der Waals surface area contributed by atoms with Crippen molar-refractivity contribution >= 4 is 5.97 Å². The lowest BCUT2D eigenvalue weighted by Gasteiger charge is -2.12. The molecule has 0 bridgehead atoms. The lowest BCUT2D eigenvalue weighted by molar-refractivity contribution is -0.178. The van der Waals surface area contributed by atoms with Crippen LogP contribution in [0, 0.1) is 6.92 Å². The van der Waals surface area contributed by atoms with Crippen molar-refractivity contribution < 1.29 is 30.0 Å². The van der Waals surface area contributed by atoms with Crippen molar-refractivity contribution in [2.75, 3.05) is 0 Å². The van der Waals surface area contributed by atoms with E-state index in [0.29, 0.717) is 11.3 Å². The fourth-order valence-corrected chi connectivity index (χ4v) is 1.23. The average molecular weight is 243 g/mol. The van der Waals surface area contributed by atoms with Crippen LogP contribution in [-0.2, 0) is 22.7 Å². The number of aliphatic hydroxyl groups is 2. The number of aliphatic hydroxyl groups excluding tert-OH is 2. The molecule has 0 amide bonds. The van der Waals surface area contributed by atoms with Gasteiger partial charge in [-0.15, -0.1) is 0 Å². The number of ether oxygens (including phenoxy) is 1. The molecule has 1 aromatic heterocycles. The normalized spacial score (nSPS) is 12.4. The number of carbonyl (C=O) groups is 1. The Labute approximate surface area is 96.9 Å². The van der Waals surface area contributed by atoms with Crippen molar-refractivity contribution in [1.82, 2.24) is 4.98 Å². The predicted molar refractivity (Wildman–Crippen MR) is 55.0 cm³/mol. The summed E-state index contributed by atoms with van der Waals surface area (Å²) in [4.78, 5) is 14.1. The monoisotopic (exact) mass is 243 g/mol. The molecule has 0 fully saturated rings. The van der Waals surface area contributed by atoms with Crippen LogP contribution in [0.1, 0.15) is 16.8 Å². The second-order valence-corrected chi connectivity index (χ2v) is 3.36. The van der Waals surface area contributed by atoms with Crippen LogP contribution in [0.5, 0.6) is 5.75 Å². The van der Waals surface area contributed by atoms with E-state index in [1.54, 1.807) is 6.92 Å². The maximum absolute atomic E-state index is 10.3. The van der Waals surface area contributed by atoms with E-state index in [1.807, 2.05) is 0 Å². The van der Waals surface area contributed by atoms with Gasteiger partial charge in [0.1, 0.15) is 5.75 Å². The number of carboxylic acids is 1. The molecule has 0 radical (unpaired) electrons. The van der Waals surface area contributed by atoms with E-state index < -0.39 is 18.9 Å². The molecule has 1 unspecified atom stereocenters. The highest BCUT2D eigenvalue weighted by molar-refractivity contribution is 5.70. The van der Waals surface area contributed by atoms with E-state index in [0.717, 1.165) is 0 Å². The SMILES string of the molecule is Cc1ncc(COC(O)C(=O)O)c(CO)c1O. The summed E-state index contributed by atoms with van der Waals surface area (Å²) in [5.41, 5.74) is 0.863. The van der Waals surface area contributed by atoms with Crippen molar-refractivity contribution in [2.24, 2.45) is 0 Å². The average Bonchev–Trinajstić information content (AvgIpc) is 2.30. The molecule has 1 atom stereocenters. The van der Waals surface area contributed by atoms with Crippen LogP contribution < -0.4 is 0 Å². The Morgan fingerprint density at radius 1 is 1.59 bits per heavy atom. The largest absolute Gasteiger partial charge is 0.506 e. The quantitative estimate of drug-likeness (QED) is 0.515. The summed E-state index contributed by atoms with van der Waals surface area (Å²) in [6, 6.07) is 0. The standard InChI is InChI=1S/C10H13NO6/c1-5-8(13)7(3-12)6(2-11-5)4-17-10(16)9(14)15/h2,10,12-13,16H,3-4H2,1H3,(H,14,15). The van der Waals surface area contributed by atoms with Crippen LogP contribution >= 0.6 is 0 Å². The zero-order valence-electron chi connectivity index (χ0n) is 9.12. The third-order valence-corrected chi connectivity index (χ3v) is 2.20. The molecule has 0 aromatic carbocycles. The first-order valence-electron chi connectivity index (χ1n) is 4.77. The second-order valence-electron chi connectivity index (χ2n) is 3.36. The molecule has 1 heterocycles. The first kappa shape index (κ1) is 13.4. The lowest BCUT2D eigenvalue weighted by atomic mass is 10.1. The van der Waals surface area contributed by atoms with Gasteiger partial charge in [-0.1, -0.05) is 0 Å². The summed E-state index contributed by atoms with van der Waals surface area (Å²) in [5.74, 6) is -1.68. The minimum atomic E-state index is -1.95. The first-order chi connectivity index (χ1) is 7.97. The highest BCUT2D eigenvalue weighted by Gasteiger charge is 2.16. The third kappa shape index (κ3) is 3.13. The van der Waals surface area contributed by atoms with Crippen LogP contribution in [0.25, 0.3) is 0 Å². The number of carboxylic acid groups (broad SMARTS) is 1. The Morgan fingerprint density at radius 2 is 2.24 bits per heavy atom. The van der Waals surface area contributed by atoms with E-state index in [-0.39, 0.29) is 17.9 Å². The molecule has 0 spiro atoms. The van der Waals surface area contributed by atoms with Crippen LogP contribution in [-0.4, -0.2) is 37.7 Å². The molecule has 0 aliphatic heterocycles. The maximum Gasteiger partial charge on any atom is 0.360 e. The Bertz CT molecular complexity index is 420. The maximum atomic E-state index is 10.3. The smallest absolute Gasteiger partial charge is 0.360 e. The summed E-state index contributed by atoms with van der Waals surface area (Å²) in [5, 5.41) is 36.0. The first-order valence-corrected chi connectivity index (χ1v) is 4.77. The fourth-order valence-electron chi connectivity index (χ4n) is 1.23. The zero-order chi connectivity index (χ0) is 13.0. The molecule has 0 aliphatic rings. The van der Waals surface area contributed by atoms with Crippen molar-refractivity contribution in [3.63, 3.8) is 0 Å². The Balaban J connectivity index is 2.85. The number of nitrogens with zero attached hydrogens (tertiary/aromatic N) is 1. The summed E-state index contributed by atoms with van der Waals surface area (Å²) >= 11 is 0. The van der Waals surface area contributed by atoms with E-state index >= 15 is 0 Å². The number of rotatable bonds is 5. The molecule has 7 nitrogen and oxygen atoms in total. The minimum absolute atomic E-state index is 0.168. The minimum Gasteiger partial charge on any atom is -0.506 e. The molecule has 0 aliphatic carbocycles. The van der Waals surface area contributed by atoms with Crippen molar-refractivity contribution in [3.8, 4) is 5.75 Å². The topological polar surface area (TPSA) is 120 Å². The van der Waals surface area contributed by atoms with Gasteiger partial charge in [-0.3, -0.25) is 4.98 Å². The van der Waals surface area contributed by atoms with Crippen LogP contribution in [0.2, 0.25) is 0 Å². The molecule has 94 valence electrons. The van der Waals surface area contributed by atoms with Gasteiger partial charge in [0.2, 0.25) is 0 Å². The molecule has 17 heavy (non-hydrogen) atoms. The van der Waals surface area contributed by atoms with Gasteiger partial charge in [-0.25, -0.2) is 4.79 Å². The van der Waals surface area contributed by atoms with Gasteiger partial charge in [0.25, 0.3) is 6.29 Å². The second kappa shape index (κ2) is 5.58. The molecular weight excluding hydrogens is 230 g/mol. The molecule has 4 N–H and O–H groups in total. The van der Waals surface area contributed by atoms with Gasteiger partial charge >= 0.3 is 5.97 Å².